The van der Waals surface area contributed by atoms with Crippen molar-refractivity contribution >= 4 is 10.8 Å². The Bertz CT molecular complexity index is 860. The molecule has 0 saturated heterocycles. The van der Waals surface area contributed by atoms with Gasteiger partial charge in [0.2, 0.25) is 0 Å². The Morgan fingerprint density at radius 2 is 1.69 bits per heavy atom. The zero-order valence-electron chi connectivity index (χ0n) is 16.8. The lowest BCUT2D eigenvalue weighted by Gasteiger charge is -2.42. The van der Waals surface area contributed by atoms with Crippen molar-refractivity contribution in [3.05, 3.63) is 41.7 Å². The third-order valence-electron chi connectivity index (χ3n) is 7.03. The van der Waals surface area contributed by atoms with Crippen LogP contribution in [0.5, 0.6) is 5.75 Å². The maximum Gasteiger partial charge on any atom is 0.573 e. The summed E-state index contributed by atoms with van der Waals surface area (Å²) in [5, 5.41) is 1.19. The van der Waals surface area contributed by atoms with Gasteiger partial charge in [0.25, 0.3) is 0 Å². The number of ether oxygens (including phenoxy) is 1. The molecule has 2 aromatic carbocycles. The second kappa shape index (κ2) is 8.16. The van der Waals surface area contributed by atoms with Crippen LogP contribution in [0.2, 0.25) is 0 Å². The predicted octanol–water partition coefficient (Wildman–Crippen LogP) is 7.98. The van der Waals surface area contributed by atoms with E-state index in [2.05, 4.69) is 11.7 Å². The minimum absolute atomic E-state index is 0.456. The van der Waals surface area contributed by atoms with Crippen LogP contribution in [0, 0.1) is 23.6 Å². The Balaban J connectivity index is 1.49. The molecule has 2 fully saturated rings. The molecule has 2 aromatic rings. The van der Waals surface area contributed by atoms with E-state index in [-0.39, 0.29) is 0 Å². The van der Waals surface area contributed by atoms with Crippen molar-refractivity contribution < 1.29 is 22.3 Å². The number of hydrogen-bond donors (Lipinski definition) is 0. The molecule has 4 atom stereocenters. The molecule has 1 nitrogen and oxygen atoms in total. The van der Waals surface area contributed by atoms with Crippen molar-refractivity contribution in [2.75, 3.05) is 0 Å². The van der Waals surface area contributed by atoms with Crippen molar-refractivity contribution in [3.8, 4) is 5.75 Å². The largest absolute Gasteiger partial charge is 0.573 e. The molecule has 0 aromatic heterocycles. The van der Waals surface area contributed by atoms with Crippen LogP contribution in [-0.4, -0.2) is 6.36 Å². The maximum atomic E-state index is 14.1. The van der Waals surface area contributed by atoms with E-state index < -0.39 is 17.9 Å². The third kappa shape index (κ3) is 4.70. The van der Waals surface area contributed by atoms with Crippen LogP contribution in [0.1, 0.15) is 69.8 Å². The molecule has 2 unspecified atom stereocenters. The molecule has 4 rings (SSSR count). The van der Waals surface area contributed by atoms with Gasteiger partial charge in [-0.25, -0.2) is 4.39 Å². The molecule has 2 saturated carbocycles. The van der Waals surface area contributed by atoms with Gasteiger partial charge in [0.1, 0.15) is 0 Å². The number of hydrogen-bond acceptors (Lipinski definition) is 1. The molecule has 0 aliphatic heterocycles. The van der Waals surface area contributed by atoms with Gasteiger partial charge in [-0.15, -0.1) is 13.2 Å². The molecule has 2 aliphatic rings. The van der Waals surface area contributed by atoms with Crippen molar-refractivity contribution in [3.63, 3.8) is 0 Å². The van der Waals surface area contributed by atoms with E-state index >= 15 is 0 Å². The minimum atomic E-state index is -4.90. The molecule has 2 aliphatic carbocycles. The van der Waals surface area contributed by atoms with Crippen LogP contribution in [-0.2, 0) is 0 Å². The third-order valence-corrected chi connectivity index (χ3v) is 7.03. The topological polar surface area (TPSA) is 9.23 Å². The normalized spacial score (nSPS) is 27.6. The Hall–Kier alpha value is -1.78. The highest BCUT2D eigenvalue weighted by Crippen LogP contribution is 2.48. The summed E-state index contributed by atoms with van der Waals surface area (Å²) in [6, 6.07) is 8.02. The molecule has 0 N–H and O–H groups in total. The van der Waals surface area contributed by atoms with E-state index in [1.54, 1.807) is 6.07 Å². The van der Waals surface area contributed by atoms with Gasteiger partial charge < -0.3 is 4.74 Å². The van der Waals surface area contributed by atoms with Crippen LogP contribution >= 0.6 is 0 Å². The summed E-state index contributed by atoms with van der Waals surface area (Å²) in [6.45, 7) is 2.27. The minimum Gasteiger partial charge on any atom is -0.403 e. The Morgan fingerprint density at radius 1 is 0.931 bits per heavy atom. The van der Waals surface area contributed by atoms with Crippen molar-refractivity contribution in [2.45, 2.75) is 70.6 Å². The summed E-state index contributed by atoms with van der Waals surface area (Å²) in [6.07, 6.45) is 5.31. The molecule has 0 spiro atoms. The van der Waals surface area contributed by atoms with Crippen LogP contribution in [0.25, 0.3) is 10.8 Å². The molecule has 5 heteroatoms. The molecule has 158 valence electrons. The standard InChI is InChI=1S/C24H28F4O/c1-2-3-15-4-5-17-11-18(7-6-16(17)10-15)19-8-9-20-14-23(29-24(26,27)28)22(25)13-21(20)12-19/h8-9,12-18H,2-7,10-11H2,1H3/t15-,16?,17-,18?/m1/s1. The van der Waals surface area contributed by atoms with Gasteiger partial charge >= 0.3 is 6.36 Å². The lowest BCUT2D eigenvalue weighted by Crippen LogP contribution is -2.30. The van der Waals surface area contributed by atoms with E-state index in [0.29, 0.717) is 16.7 Å². The summed E-state index contributed by atoms with van der Waals surface area (Å²) >= 11 is 0. The molecule has 0 bridgehead atoms. The molecule has 0 heterocycles. The fourth-order valence-corrected chi connectivity index (χ4v) is 5.68. The van der Waals surface area contributed by atoms with E-state index in [0.717, 1.165) is 36.3 Å². The van der Waals surface area contributed by atoms with Gasteiger partial charge in [-0.05, 0) is 84.2 Å². The Morgan fingerprint density at radius 3 is 2.45 bits per heavy atom. The first-order valence-corrected chi connectivity index (χ1v) is 10.8. The second-order valence-corrected chi connectivity index (χ2v) is 8.93. The van der Waals surface area contributed by atoms with Gasteiger partial charge in [-0.2, -0.15) is 0 Å². The monoisotopic (exact) mass is 408 g/mol. The SMILES string of the molecule is CCC[C@@H]1CC[C@@H]2CC(c3ccc4cc(OC(F)(F)F)c(F)cc4c3)CCC2C1. The van der Waals surface area contributed by atoms with E-state index in [4.69, 9.17) is 0 Å². The smallest absolute Gasteiger partial charge is 0.403 e. The van der Waals surface area contributed by atoms with Crippen molar-refractivity contribution in [1.82, 2.24) is 0 Å². The zero-order valence-corrected chi connectivity index (χ0v) is 16.8. The second-order valence-electron chi connectivity index (χ2n) is 8.93. The highest BCUT2D eigenvalue weighted by molar-refractivity contribution is 5.85. The lowest BCUT2D eigenvalue weighted by atomic mass is 9.63. The van der Waals surface area contributed by atoms with E-state index in [1.165, 1.54) is 50.5 Å². The molecular formula is C24H28F4O. The average molecular weight is 408 g/mol. The van der Waals surface area contributed by atoms with E-state index in [1.807, 2.05) is 12.1 Å². The predicted molar refractivity (Wildman–Crippen MR) is 106 cm³/mol. The van der Waals surface area contributed by atoms with Gasteiger partial charge in [-0.1, -0.05) is 44.4 Å². The fraction of sp³-hybridized carbons (Fsp3) is 0.583. The summed E-state index contributed by atoms with van der Waals surface area (Å²) in [5.41, 5.74) is 1.18. The summed E-state index contributed by atoms with van der Waals surface area (Å²) in [5.74, 6) is 1.22. The van der Waals surface area contributed by atoms with Gasteiger partial charge in [0.15, 0.2) is 11.6 Å². The van der Waals surface area contributed by atoms with Crippen LogP contribution in [0.15, 0.2) is 30.3 Å². The highest BCUT2D eigenvalue weighted by Gasteiger charge is 2.36. The lowest BCUT2D eigenvalue weighted by molar-refractivity contribution is -0.275. The fourth-order valence-electron chi connectivity index (χ4n) is 5.68. The number of fused-ring (bicyclic) bond motifs is 2. The number of benzene rings is 2. The number of rotatable bonds is 4. The number of alkyl halides is 3. The van der Waals surface area contributed by atoms with Crippen LogP contribution in [0.3, 0.4) is 0 Å². The quantitative estimate of drug-likeness (QED) is 0.466. The highest BCUT2D eigenvalue weighted by atomic mass is 19.4. The van der Waals surface area contributed by atoms with Crippen molar-refractivity contribution in [1.29, 1.82) is 0 Å². The molecule has 0 amide bonds. The first-order chi connectivity index (χ1) is 13.8. The Labute approximate surface area is 169 Å². The van der Waals surface area contributed by atoms with Gasteiger partial charge in [0, 0.05) is 0 Å². The Kier molecular flexibility index (Phi) is 5.76. The van der Waals surface area contributed by atoms with E-state index in [9.17, 15) is 17.6 Å². The van der Waals surface area contributed by atoms with Crippen molar-refractivity contribution in [2.24, 2.45) is 17.8 Å². The summed E-state index contributed by atoms with van der Waals surface area (Å²) < 4.78 is 55.2. The maximum absolute atomic E-state index is 14.1. The molecular weight excluding hydrogens is 380 g/mol. The molecule has 29 heavy (non-hydrogen) atoms. The number of halogens is 4. The first-order valence-electron chi connectivity index (χ1n) is 10.8. The van der Waals surface area contributed by atoms with Crippen LogP contribution in [0.4, 0.5) is 17.6 Å². The summed E-state index contributed by atoms with van der Waals surface area (Å²) in [4.78, 5) is 0. The average Bonchev–Trinajstić information content (AvgIpc) is 2.67. The first kappa shape index (κ1) is 20.5. The van der Waals surface area contributed by atoms with Gasteiger partial charge in [-0.3, -0.25) is 0 Å². The van der Waals surface area contributed by atoms with Crippen LogP contribution < -0.4 is 4.74 Å². The summed E-state index contributed by atoms with van der Waals surface area (Å²) in [7, 11) is 0. The molecule has 0 radical (unpaired) electrons. The zero-order chi connectivity index (χ0) is 20.6. The van der Waals surface area contributed by atoms with Gasteiger partial charge in [0.05, 0.1) is 0 Å².